The summed E-state index contributed by atoms with van der Waals surface area (Å²) in [7, 11) is 0. The van der Waals surface area contributed by atoms with E-state index in [0.29, 0.717) is 5.92 Å². The van der Waals surface area contributed by atoms with Crippen molar-refractivity contribution in [2.75, 3.05) is 0 Å². The van der Waals surface area contributed by atoms with Crippen LogP contribution in [0.4, 0.5) is 13.2 Å². The van der Waals surface area contributed by atoms with Crippen LogP contribution in [0.15, 0.2) is 48.5 Å². The number of alkyl halides is 3. The Morgan fingerprint density at radius 1 is 0.818 bits per heavy atom. The molecule has 0 saturated heterocycles. The first kappa shape index (κ1) is 16.6. The molecule has 0 heterocycles. The molecule has 0 aliphatic heterocycles. The highest BCUT2D eigenvalue weighted by molar-refractivity contribution is 5.64. The van der Waals surface area contributed by atoms with Crippen molar-refractivity contribution in [3.63, 3.8) is 0 Å². The second-order valence-electron chi connectivity index (χ2n) is 6.06. The second-order valence-corrected chi connectivity index (χ2v) is 6.06. The van der Waals surface area contributed by atoms with Gasteiger partial charge in [-0.3, -0.25) is 0 Å². The molecule has 0 bridgehead atoms. The molecule has 0 radical (unpaired) electrons. The summed E-state index contributed by atoms with van der Waals surface area (Å²) in [4.78, 5) is 0. The minimum atomic E-state index is -4.28. The average molecular weight is 306 g/mol. The Morgan fingerprint density at radius 3 is 1.77 bits per heavy atom. The number of aryl methyl sites for hydroxylation is 1. The molecule has 0 aliphatic rings. The van der Waals surface area contributed by atoms with Gasteiger partial charge in [-0.15, -0.1) is 0 Å². The van der Waals surface area contributed by atoms with Gasteiger partial charge in [-0.2, -0.15) is 13.2 Å². The standard InChI is InChI=1S/C19H21F3/c1-14(2)4-3-5-15-6-8-16(9-7-15)17-10-12-18(13-11-17)19(20,21)22/h6-14H,3-5H2,1-2H3. The molecule has 0 spiro atoms. The van der Waals surface area contributed by atoms with E-state index in [1.165, 1.54) is 24.1 Å². The molecule has 3 heteroatoms. The van der Waals surface area contributed by atoms with Gasteiger partial charge >= 0.3 is 6.18 Å². The lowest BCUT2D eigenvalue weighted by molar-refractivity contribution is -0.137. The van der Waals surface area contributed by atoms with Crippen LogP contribution in [0.2, 0.25) is 0 Å². The fraction of sp³-hybridized carbons (Fsp3) is 0.368. The van der Waals surface area contributed by atoms with Crippen LogP contribution in [0.5, 0.6) is 0 Å². The zero-order chi connectivity index (χ0) is 16.2. The highest BCUT2D eigenvalue weighted by Gasteiger charge is 2.29. The third-order valence-electron chi connectivity index (χ3n) is 3.75. The fourth-order valence-corrected chi connectivity index (χ4v) is 2.43. The van der Waals surface area contributed by atoms with Gasteiger partial charge in [-0.05, 0) is 47.6 Å². The lowest BCUT2D eigenvalue weighted by Crippen LogP contribution is -2.03. The topological polar surface area (TPSA) is 0 Å². The normalized spacial score (nSPS) is 11.9. The van der Waals surface area contributed by atoms with E-state index in [2.05, 4.69) is 26.0 Å². The van der Waals surface area contributed by atoms with Gasteiger partial charge in [0.2, 0.25) is 0 Å². The Hall–Kier alpha value is -1.77. The third-order valence-corrected chi connectivity index (χ3v) is 3.75. The van der Waals surface area contributed by atoms with Crippen LogP contribution in [0.25, 0.3) is 11.1 Å². The fourth-order valence-electron chi connectivity index (χ4n) is 2.43. The largest absolute Gasteiger partial charge is 0.416 e. The Morgan fingerprint density at radius 2 is 1.32 bits per heavy atom. The van der Waals surface area contributed by atoms with Gasteiger partial charge in [0.1, 0.15) is 0 Å². The summed E-state index contributed by atoms with van der Waals surface area (Å²) in [5.74, 6) is 0.714. The molecule has 0 aromatic heterocycles. The lowest BCUT2D eigenvalue weighted by atomic mass is 9.99. The van der Waals surface area contributed by atoms with Crippen LogP contribution in [0, 0.1) is 5.92 Å². The molecule has 0 unspecified atom stereocenters. The average Bonchev–Trinajstić information content (AvgIpc) is 2.47. The van der Waals surface area contributed by atoms with E-state index in [0.717, 1.165) is 36.1 Å². The van der Waals surface area contributed by atoms with Gasteiger partial charge in [0.25, 0.3) is 0 Å². The molecule has 0 amide bonds. The van der Waals surface area contributed by atoms with Gasteiger partial charge < -0.3 is 0 Å². The predicted octanol–water partition coefficient (Wildman–Crippen LogP) is 6.35. The number of benzene rings is 2. The summed E-state index contributed by atoms with van der Waals surface area (Å²) < 4.78 is 37.7. The summed E-state index contributed by atoms with van der Waals surface area (Å²) in [6.07, 6.45) is -0.859. The van der Waals surface area contributed by atoms with Gasteiger partial charge in [-0.25, -0.2) is 0 Å². The molecule has 2 aromatic carbocycles. The van der Waals surface area contributed by atoms with Gasteiger partial charge in [0.15, 0.2) is 0 Å². The number of halogens is 3. The Bertz CT molecular complexity index is 578. The lowest BCUT2D eigenvalue weighted by Gasteiger charge is -2.09. The van der Waals surface area contributed by atoms with E-state index in [-0.39, 0.29) is 0 Å². The molecule has 0 atom stereocenters. The molecule has 0 N–H and O–H groups in total. The summed E-state index contributed by atoms with van der Waals surface area (Å²) in [5.41, 5.74) is 2.42. The van der Waals surface area contributed by atoms with Crippen LogP contribution in [0.3, 0.4) is 0 Å². The predicted molar refractivity (Wildman–Crippen MR) is 84.7 cm³/mol. The molecule has 2 aromatic rings. The van der Waals surface area contributed by atoms with E-state index in [1.807, 2.05) is 12.1 Å². The van der Waals surface area contributed by atoms with E-state index < -0.39 is 11.7 Å². The minimum absolute atomic E-state index is 0.610. The maximum Gasteiger partial charge on any atom is 0.416 e. The van der Waals surface area contributed by atoms with Gasteiger partial charge in [0, 0.05) is 0 Å². The summed E-state index contributed by atoms with van der Waals surface area (Å²) in [6, 6.07) is 13.4. The Balaban J connectivity index is 2.04. The van der Waals surface area contributed by atoms with Crippen LogP contribution in [0.1, 0.15) is 37.8 Å². The third kappa shape index (κ3) is 4.62. The van der Waals surface area contributed by atoms with Crippen molar-refractivity contribution in [2.45, 2.75) is 39.3 Å². The van der Waals surface area contributed by atoms with Gasteiger partial charge in [0.05, 0.1) is 5.56 Å². The van der Waals surface area contributed by atoms with Crippen molar-refractivity contribution in [1.29, 1.82) is 0 Å². The first-order valence-electron chi connectivity index (χ1n) is 7.63. The molecule has 118 valence electrons. The monoisotopic (exact) mass is 306 g/mol. The zero-order valence-electron chi connectivity index (χ0n) is 13.0. The van der Waals surface area contributed by atoms with Crippen LogP contribution in [-0.4, -0.2) is 0 Å². The SMILES string of the molecule is CC(C)CCCc1ccc(-c2ccc(C(F)(F)F)cc2)cc1. The van der Waals surface area contributed by atoms with Crippen LogP contribution >= 0.6 is 0 Å². The van der Waals surface area contributed by atoms with E-state index in [4.69, 9.17) is 0 Å². The first-order chi connectivity index (χ1) is 10.4. The molecule has 0 nitrogen and oxygen atoms in total. The molecule has 0 fully saturated rings. The summed E-state index contributed by atoms with van der Waals surface area (Å²) in [5, 5.41) is 0. The second kappa shape index (κ2) is 6.99. The van der Waals surface area contributed by atoms with E-state index >= 15 is 0 Å². The van der Waals surface area contributed by atoms with Crippen molar-refractivity contribution in [3.8, 4) is 11.1 Å². The maximum atomic E-state index is 12.6. The molecule has 0 aliphatic carbocycles. The molecule has 0 saturated carbocycles. The maximum absolute atomic E-state index is 12.6. The van der Waals surface area contributed by atoms with Crippen molar-refractivity contribution in [3.05, 3.63) is 59.7 Å². The molecule has 2 rings (SSSR count). The molecular weight excluding hydrogens is 285 g/mol. The highest BCUT2D eigenvalue weighted by Crippen LogP contribution is 2.31. The number of rotatable bonds is 5. The highest BCUT2D eigenvalue weighted by atomic mass is 19.4. The van der Waals surface area contributed by atoms with E-state index in [1.54, 1.807) is 0 Å². The Labute approximate surface area is 130 Å². The summed E-state index contributed by atoms with van der Waals surface area (Å²) >= 11 is 0. The van der Waals surface area contributed by atoms with Crippen molar-refractivity contribution >= 4 is 0 Å². The smallest absolute Gasteiger partial charge is 0.166 e. The molecule has 22 heavy (non-hydrogen) atoms. The van der Waals surface area contributed by atoms with Crippen LogP contribution in [-0.2, 0) is 12.6 Å². The number of hydrogen-bond acceptors (Lipinski definition) is 0. The van der Waals surface area contributed by atoms with Crippen molar-refractivity contribution in [2.24, 2.45) is 5.92 Å². The van der Waals surface area contributed by atoms with E-state index in [9.17, 15) is 13.2 Å². The summed E-state index contributed by atoms with van der Waals surface area (Å²) in [6.45, 7) is 4.43. The zero-order valence-corrected chi connectivity index (χ0v) is 13.0. The first-order valence-corrected chi connectivity index (χ1v) is 7.63. The Kier molecular flexibility index (Phi) is 5.28. The quantitative estimate of drug-likeness (QED) is 0.603. The van der Waals surface area contributed by atoms with Crippen molar-refractivity contribution in [1.82, 2.24) is 0 Å². The van der Waals surface area contributed by atoms with Crippen molar-refractivity contribution < 1.29 is 13.2 Å². The van der Waals surface area contributed by atoms with Gasteiger partial charge in [-0.1, -0.05) is 56.7 Å². The number of hydrogen-bond donors (Lipinski definition) is 0. The minimum Gasteiger partial charge on any atom is -0.166 e. The van der Waals surface area contributed by atoms with Crippen LogP contribution < -0.4 is 0 Å². The molecular formula is C19H21F3.